The number of aromatic nitrogens is 1. The van der Waals surface area contributed by atoms with E-state index in [0.29, 0.717) is 12.0 Å². The number of hydrogen-bond acceptors (Lipinski definition) is 4. The van der Waals surface area contributed by atoms with Gasteiger partial charge in [-0.15, -0.1) is 0 Å². The van der Waals surface area contributed by atoms with Gasteiger partial charge in [-0.3, -0.25) is 4.90 Å². The smallest absolute Gasteiger partial charge is 0.411 e. The summed E-state index contributed by atoms with van der Waals surface area (Å²) in [6.45, 7) is 7.00. The third-order valence-electron chi connectivity index (χ3n) is 3.71. The van der Waals surface area contributed by atoms with Crippen molar-refractivity contribution in [2.24, 2.45) is 0 Å². The number of likely N-dealkylation sites (N-methyl/N-ethyl adjacent to an activating group) is 1. The SMILES string of the molecule is CN(C(=O)OC(C)(C)C)C(C)(C=O)c1ccc2ccccc2n1. The molecule has 5 nitrogen and oxygen atoms in total. The number of carbonyl (C=O) groups excluding carboxylic acids is 2. The highest BCUT2D eigenvalue weighted by Crippen LogP contribution is 2.27. The van der Waals surface area contributed by atoms with Gasteiger partial charge in [0.15, 0.2) is 6.29 Å². The molecule has 0 fully saturated rings. The van der Waals surface area contributed by atoms with Gasteiger partial charge in [-0.05, 0) is 39.8 Å². The molecule has 1 aromatic heterocycles. The first kappa shape index (κ1) is 16.9. The first-order valence-corrected chi connectivity index (χ1v) is 7.47. The van der Waals surface area contributed by atoms with Gasteiger partial charge in [0.05, 0.1) is 11.2 Å². The monoisotopic (exact) mass is 314 g/mol. The van der Waals surface area contributed by atoms with Crippen molar-refractivity contribution in [3.8, 4) is 0 Å². The van der Waals surface area contributed by atoms with Crippen molar-refractivity contribution in [3.63, 3.8) is 0 Å². The highest BCUT2D eigenvalue weighted by atomic mass is 16.6. The molecule has 1 unspecified atom stereocenters. The molecule has 0 bridgehead atoms. The number of fused-ring (bicyclic) bond motifs is 1. The van der Waals surface area contributed by atoms with Crippen molar-refractivity contribution in [3.05, 3.63) is 42.1 Å². The van der Waals surface area contributed by atoms with Crippen LogP contribution in [0.5, 0.6) is 0 Å². The number of benzene rings is 1. The van der Waals surface area contributed by atoms with Gasteiger partial charge in [0.25, 0.3) is 0 Å². The zero-order chi connectivity index (χ0) is 17.3. The summed E-state index contributed by atoms with van der Waals surface area (Å²) in [6, 6.07) is 11.3. The van der Waals surface area contributed by atoms with Crippen LogP contribution in [0.1, 0.15) is 33.4 Å². The summed E-state index contributed by atoms with van der Waals surface area (Å²) in [4.78, 5) is 29.9. The molecule has 1 amide bonds. The van der Waals surface area contributed by atoms with Crippen LogP contribution in [0.4, 0.5) is 4.79 Å². The first-order chi connectivity index (χ1) is 10.7. The number of carbonyl (C=O) groups is 2. The molecule has 1 aromatic carbocycles. The maximum Gasteiger partial charge on any atom is 0.411 e. The standard InChI is InChI=1S/C18H22N2O3/c1-17(2,3)23-16(22)20(5)18(4,12-21)15-11-10-13-8-6-7-9-14(13)19-15/h6-12H,1-5H3. The Morgan fingerprint density at radius 2 is 1.78 bits per heavy atom. The van der Waals surface area contributed by atoms with Gasteiger partial charge < -0.3 is 9.53 Å². The van der Waals surface area contributed by atoms with Crippen molar-refractivity contribution >= 4 is 23.3 Å². The van der Waals surface area contributed by atoms with Gasteiger partial charge in [0.2, 0.25) is 0 Å². The largest absolute Gasteiger partial charge is 0.444 e. The zero-order valence-electron chi connectivity index (χ0n) is 14.2. The van der Waals surface area contributed by atoms with E-state index in [-0.39, 0.29) is 0 Å². The minimum Gasteiger partial charge on any atom is -0.444 e. The maximum absolute atomic E-state index is 12.3. The molecule has 122 valence electrons. The number of hydrogen-bond donors (Lipinski definition) is 0. The third-order valence-corrected chi connectivity index (χ3v) is 3.71. The van der Waals surface area contributed by atoms with Gasteiger partial charge in [0.1, 0.15) is 11.1 Å². The highest BCUT2D eigenvalue weighted by Gasteiger charge is 2.38. The second-order valence-corrected chi connectivity index (χ2v) is 6.69. The lowest BCUT2D eigenvalue weighted by Crippen LogP contribution is -2.48. The molecule has 0 N–H and O–H groups in total. The van der Waals surface area contributed by atoms with E-state index < -0.39 is 17.2 Å². The number of rotatable bonds is 3. The molecule has 0 radical (unpaired) electrons. The fraction of sp³-hybridized carbons (Fsp3) is 0.389. The number of ether oxygens (including phenoxy) is 1. The van der Waals surface area contributed by atoms with E-state index in [9.17, 15) is 9.59 Å². The lowest BCUT2D eigenvalue weighted by molar-refractivity contribution is -0.117. The van der Waals surface area contributed by atoms with E-state index in [1.807, 2.05) is 30.3 Å². The quantitative estimate of drug-likeness (QED) is 0.813. The maximum atomic E-state index is 12.3. The lowest BCUT2D eigenvalue weighted by Gasteiger charge is -2.35. The molecule has 1 heterocycles. The van der Waals surface area contributed by atoms with E-state index in [1.165, 1.54) is 4.90 Å². The number of amides is 1. The molecule has 1 atom stereocenters. The van der Waals surface area contributed by atoms with E-state index >= 15 is 0 Å². The van der Waals surface area contributed by atoms with Gasteiger partial charge in [0, 0.05) is 12.4 Å². The van der Waals surface area contributed by atoms with Crippen LogP contribution < -0.4 is 0 Å². The summed E-state index contributed by atoms with van der Waals surface area (Å²) in [5.74, 6) is 0. The third kappa shape index (κ3) is 3.50. The Hall–Kier alpha value is -2.43. The second-order valence-electron chi connectivity index (χ2n) is 6.69. The van der Waals surface area contributed by atoms with Gasteiger partial charge in [-0.25, -0.2) is 9.78 Å². The Balaban J connectivity index is 2.41. The molecular weight excluding hydrogens is 292 g/mol. The molecule has 0 aliphatic heterocycles. The van der Waals surface area contributed by atoms with Crippen LogP contribution in [0.2, 0.25) is 0 Å². The van der Waals surface area contributed by atoms with Crippen LogP contribution in [-0.2, 0) is 15.1 Å². The molecule has 0 spiro atoms. The predicted octanol–water partition coefficient (Wildman–Crippen LogP) is 3.52. The van der Waals surface area contributed by atoms with Crippen LogP contribution in [0.3, 0.4) is 0 Å². The van der Waals surface area contributed by atoms with E-state index in [0.717, 1.165) is 10.9 Å². The van der Waals surface area contributed by atoms with Crippen LogP contribution in [0.15, 0.2) is 36.4 Å². The first-order valence-electron chi connectivity index (χ1n) is 7.47. The van der Waals surface area contributed by atoms with Crippen LogP contribution in [-0.4, -0.2) is 34.9 Å². The molecule has 0 saturated carbocycles. The average molecular weight is 314 g/mol. The fourth-order valence-corrected chi connectivity index (χ4v) is 2.18. The molecule has 2 rings (SSSR count). The van der Waals surface area contributed by atoms with Crippen LogP contribution >= 0.6 is 0 Å². The van der Waals surface area contributed by atoms with E-state index in [2.05, 4.69) is 4.98 Å². The Morgan fingerprint density at radius 1 is 1.13 bits per heavy atom. The molecule has 23 heavy (non-hydrogen) atoms. The van der Waals surface area contributed by atoms with Crippen molar-refractivity contribution in [1.29, 1.82) is 0 Å². The summed E-state index contributed by atoms with van der Waals surface area (Å²) in [5, 5.41) is 0.976. The van der Waals surface area contributed by atoms with Crippen molar-refractivity contribution in [2.45, 2.75) is 38.8 Å². The van der Waals surface area contributed by atoms with Gasteiger partial charge in [-0.1, -0.05) is 24.3 Å². The second kappa shape index (κ2) is 5.99. The van der Waals surface area contributed by atoms with Crippen LogP contribution in [0.25, 0.3) is 10.9 Å². The highest BCUT2D eigenvalue weighted by molar-refractivity contribution is 5.81. The Bertz CT molecular complexity index is 736. The number of para-hydroxylation sites is 1. The summed E-state index contributed by atoms with van der Waals surface area (Å²) >= 11 is 0. The van der Waals surface area contributed by atoms with Crippen LogP contribution in [0, 0.1) is 0 Å². The Morgan fingerprint density at radius 3 is 2.39 bits per heavy atom. The summed E-state index contributed by atoms with van der Waals surface area (Å²) in [7, 11) is 1.54. The minimum absolute atomic E-state index is 0.500. The molecule has 0 aliphatic carbocycles. The topological polar surface area (TPSA) is 59.5 Å². The molecule has 5 heteroatoms. The zero-order valence-corrected chi connectivity index (χ0v) is 14.2. The van der Waals surface area contributed by atoms with E-state index in [1.54, 1.807) is 40.8 Å². The Kier molecular flexibility index (Phi) is 4.41. The number of aldehydes is 1. The number of nitrogens with zero attached hydrogens (tertiary/aromatic N) is 2. The van der Waals surface area contributed by atoms with Gasteiger partial charge >= 0.3 is 6.09 Å². The van der Waals surface area contributed by atoms with Crippen molar-refractivity contribution in [1.82, 2.24) is 9.88 Å². The summed E-state index contributed by atoms with van der Waals surface area (Å²) in [6.07, 6.45) is 0.149. The normalized spacial score (nSPS) is 14.1. The predicted molar refractivity (Wildman–Crippen MR) is 89.2 cm³/mol. The van der Waals surface area contributed by atoms with Crippen molar-refractivity contribution in [2.75, 3.05) is 7.05 Å². The molecular formula is C18H22N2O3. The molecule has 0 saturated heterocycles. The fourth-order valence-electron chi connectivity index (χ4n) is 2.18. The molecule has 0 aliphatic rings. The number of pyridine rings is 1. The van der Waals surface area contributed by atoms with Crippen molar-refractivity contribution < 1.29 is 14.3 Å². The minimum atomic E-state index is -1.20. The Labute approximate surface area is 136 Å². The summed E-state index contributed by atoms with van der Waals surface area (Å²) < 4.78 is 5.36. The summed E-state index contributed by atoms with van der Waals surface area (Å²) in [5.41, 5.74) is -0.562. The van der Waals surface area contributed by atoms with E-state index in [4.69, 9.17) is 4.74 Å². The molecule has 2 aromatic rings. The lowest BCUT2D eigenvalue weighted by atomic mass is 9.96. The van der Waals surface area contributed by atoms with Gasteiger partial charge in [-0.2, -0.15) is 0 Å². The average Bonchev–Trinajstić information content (AvgIpc) is 2.51.